The molecule has 150 valence electrons. The molecule has 0 saturated carbocycles. The lowest BCUT2D eigenvalue weighted by atomic mass is 10.0. The summed E-state index contributed by atoms with van der Waals surface area (Å²) in [5, 5.41) is 19.1. The van der Waals surface area contributed by atoms with Crippen LogP contribution in [0.3, 0.4) is 0 Å². The first-order valence-corrected chi connectivity index (χ1v) is 9.76. The first-order valence-electron chi connectivity index (χ1n) is 9.00. The Balaban J connectivity index is 1.80. The minimum atomic E-state index is -0.987. The van der Waals surface area contributed by atoms with E-state index in [1.165, 1.54) is 12.1 Å². The highest BCUT2D eigenvalue weighted by Crippen LogP contribution is 2.36. The summed E-state index contributed by atoms with van der Waals surface area (Å²) in [4.78, 5) is 10.9. The molecule has 0 aromatic heterocycles. The van der Waals surface area contributed by atoms with Crippen LogP contribution in [0.15, 0.2) is 60.7 Å². The second kappa shape index (κ2) is 9.49. The molecule has 4 nitrogen and oxygen atoms in total. The van der Waals surface area contributed by atoms with E-state index >= 15 is 0 Å². The molecule has 0 heterocycles. The van der Waals surface area contributed by atoms with E-state index in [1.54, 1.807) is 30.3 Å². The second-order valence-corrected chi connectivity index (χ2v) is 7.45. The molecular formula is C24H17Cl2NO3. The number of ether oxygens (including phenoxy) is 1. The molecule has 0 bridgehead atoms. The van der Waals surface area contributed by atoms with E-state index in [-0.39, 0.29) is 12.2 Å². The molecule has 0 amide bonds. The molecule has 0 radical (unpaired) electrons. The fourth-order valence-corrected chi connectivity index (χ4v) is 3.39. The maximum atomic E-state index is 10.9. The van der Waals surface area contributed by atoms with Gasteiger partial charge in [0.1, 0.15) is 6.61 Å². The van der Waals surface area contributed by atoms with E-state index in [2.05, 4.69) is 6.07 Å². The molecule has 3 aromatic rings. The van der Waals surface area contributed by atoms with Crippen LogP contribution in [-0.4, -0.2) is 11.1 Å². The van der Waals surface area contributed by atoms with E-state index in [0.29, 0.717) is 26.9 Å². The van der Waals surface area contributed by atoms with Gasteiger partial charge in [0, 0.05) is 0 Å². The van der Waals surface area contributed by atoms with Crippen molar-refractivity contribution in [2.45, 2.75) is 13.5 Å². The Morgan fingerprint density at radius 1 is 1.03 bits per heavy atom. The molecule has 3 aromatic carbocycles. The summed E-state index contributed by atoms with van der Waals surface area (Å²) < 4.78 is 5.74. The summed E-state index contributed by atoms with van der Waals surface area (Å²) in [6.07, 6.45) is 1.72. The topological polar surface area (TPSA) is 70.3 Å². The van der Waals surface area contributed by atoms with Gasteiger partial charge < -0.3 is 9.84 Å². The smallest absolute Gasteiger partial charge is 0.335 e. The summed E-state index contributed by atoms with van der Waals surface area (Å²) in [7, 11) is 0. The summed E-state index contributed by atoms with van der Waals surface area (Å²) in [6.45, 7) is 2.17. The van der Waals surface area contributed by atoms with Gasteiger partial charge in [0.25, 0.3) is 0 Å². The number of carbonyl (C=O) groups is 1. The van der Waals surface area contributed by atoms with Gasteiger partial charge in [-0.15, -0.1) is 0 Å². The van der Waals surface area contributed by atoms with Crippen molar-refractivity contribution in [1.82, 2.24) is 0 Å². The first-order chi connectivity index (χ1) is 14.4. The van der Waals surface area contributed by atoms with E-state index in [4.69, 9.17) is 33.0 Å². The van der Waals surface area contributed by atoms with Crippen molar-refractivity contribution in [3.05, 3.63) is 98.5 Å². The molecule has 0 fully saturated rings. The number of carboxylic acid groups (broad SMARTS) is 1. The number of rotatable bonds is 6. The van der Waals surface area contributed by atoms with E-state index < -0.39 is 5.97 Å². The van der Waals surface area contributed by atoms with Crippen LogP contribution in [0.4, 0.5) is 0 Å². The SMILES string of the molecule is Cc1ccc(/C(C#N)=C/c2cc(Cl)c(OCc3ccc(C(=O)O)cc3)c(Cl)c2)cc1. The van der Waals surface area contributed by atoms with Crippen LogP contribution >= 0.6 is 23.2 Å². The van der Waals surface area contributed by atoms with E-state index in [9.17, 15) is 10.1 Å². The fourth-order valence-electron chi connectivity index (χ4n) is 2.78. The lowest BCUT2D eigenvalue weighted by molar-refractivity contribution is 0.0697. The van der Waals surface area contributed by atoms with Gasteiger partial charge >= 0.3 is 5.97 Å². The third-order valence-corrected chi connectivity index (χ3v) is 4.96. The number of aryl methyl sites for hydroxylation is 1. The van der Waals surface area contributed by atoms with Gasteiger partial charge in [-0.05, 0) is 54.0 Å². The van der Waals surface area contributed by atoms with Crippen molar-refractivity contribution >= 4 is 40.8 Å². The molecule has 0 unspecified atom stereocenters. The fraction of sp³-hybridized carbons (Fsp3) is 0.0833. The molecule has 1 N–H and O–H groups in total. The summed E-state index contributed by atoms with van der Waals surface area (Å²) >= 11 is 12.7. The standard InChI is InChI=1S/C24H17Cl2NO3/c1-15-2-6-18(7-3-15)20(13-27)10-17-11-21(25)23(22(26)12-17)30-14-16-4-8-19(9-5-16)24(28)29/h2-12H,14H2,1H3,(H,28,29)/b20-10+. The number of nitrogens with zero attached hydrogens (tertiary/aromatic N) is 1. The zero-order chi connectivity index (χ0) is 21.7. The van der Waals surface area contributed by atoms with Gasteiger partial charge in [-0.25, -0.2) is 4.79 Å². The number of hydrogen-bond donors (Lipinski definition) is 1. The van der Waals surface area contributed by atoms with Crippen LogP contribution in [0.25, 0.3) is 11.6 Å². The third-order valence-electron chi connectivity index (χ3n) is 4.40. The van der Waals surface area contributed by atoms with Crippen LogP contribution in [0.5, 0.6) is 5.75 Å². The second-order valence-electron chi connectivity index (χ2n) is 6.64. The Morgan fingerprint density at radius 3 is 2.13 bits per heavy atom. The number of nitriles is 1. The summed E-state index contributed by atoms with van der Waals surface area (Å²) in [5.41, 5.74) is 4.08. The van der Waals surface area contributed by atoms with Crippen molar-refractivity contribution < 1.29 is 14.6 Å². The molecule has 0 aliphatic carbocycles. The third kappa shape index (κ3) is 5.21. The Hall–Kier alpha value is -3.26. The number of hydrogen-bond acceptors (Lipinski definition) is 3. The maximum absolute atomic E-state index is 10.9. The normalized spacial score (nSPS) is 11.1. The van der Waals surface area contributed by atoms with Crippen LogP contribution in [0.2, 0.25) is 10.0 Å². The quantitative estimate of drug-likeness (QED) is 0.346. The van der Waals surface area contributed by atoms with Crippen LogP contribution in [-0.2, 0) is 6.61 Å². The Labute approximate surface area is 184 Å². The number of aromatic carboxylic acids is 1. The zero-order valence-electron chi connectivity index (χ0n) is 16.0. The average molecular weight is 438 g/mol. The van der Waals surface area contributed by atoms with Gasteiger partial charge in [-0.3, -0.25) is 0 Å². The largest absolute Gasteiger partial charge is 0.486 e. The van der Waals surface area contributed by atoms with Crippen LogP contribution < -0.4 is 4.74 Å². The number of allylic oxidation sites excluding steroid dienone is 1. The Kier molecular flexibility index (Phi) is 6.79. The number of carboxylic acids is 1. The van der Waals surface area contributed by atoms with Gasteiger partial charge in [-0.1, -0.05) is 65.2 Å². The minimum Gasteiger partial charge on any atom is -0.486 e. The average Bonchev–Trinajstić information content (AvgIpc) is 2.72. The van der Waals surface area contributed by atoms with Crippen molar-refractivity contribution in [3.8, 4) is 11.8 Å². The van der Waals surface area contributed by atoms with Crippen LogP contribution in [0.1, 0.15) is 32.6 Å². The summed E-state index contributed by atoms with van der Waals surface area (Å²) in [5.74, 6) is -0.661. The number of benzene rings is 3. The molecule has 0 aliphatic heterocycles. The van der Waals surface area contributed by atoms with Crippen molar-refractivity contribution in [3.63, 3.8) is 0 Å². The van der Waals surface area contributed by atoms with Crippen molar-refractivity contribution in [2.24, 2.45) is 0 Å². The van der Waals surface area contributed by atoms with E-state index in [1.807, 2.05) is 31.2 Å². The van der Waals surface area contributed by atoms with Gasteiger partial charge in [0.2, 0.25) is 0 Å². The predicted molar refractivity (Wildman–Crippen MR) is 119 cm³/mol. The van der Waals surface area contributed by atoms with Gasteiger partial charge in [-0.2, -0.15) is 5.26 Å². The molecule has 0 spiro atoms. The monoisotopic (exact) mass is 437 g/mol. The molecule has 0 aliphatic rings. The maximum Gasteiger partial charge on any atom is 0.335 e. The number of halogens is 2. The molecule has 0 atom stereocenters. The minimum absolute atomic E-state index is 0.182. The predicted octanol–water partition coefficient (Wildman–Crippen LogP) is 6.64. The Morgan fingerprint density at radius 2 is 1.60 bits per heavy atom. The molecule has 3 rings (SSSR count). The van der Waals surface area contributed by atoms with Gasteiger partial charge in [0.15, 0.2) is 5.75 Å². The van der Waals surface area contributed by atoms with E-state index in [0.717, 1.165) is 16.7 Å². The molecule has 30 heavy (non-hydrogen) atoms. The van der Waals surface area contributed by atoms with Crippen molar-refractivity contribution in [2.75, 3.05) is 0 Å². The van der Waals surface area contributed by atoms with Crippen LogP contribution in [0, 0.1) is 18.3 Å². The Bertz CT molecular complexity index is 1120. The highest BCUT2D eigenvalue weighted by molar-refractivity contribution is 6.37. The molecule has 0 saturated heterocycles. The zero-order valence-corrected chi connectivity index (χ0v) is 17.5. The highest BCUT2D eigenvalue weighted by atomic mass is 35.5. The first kappa shape index (κ1) is 21.4. The summed E-state index contributed by atoms with van der Waals surface area (Å²) in [6, 6.07) is 19.6. The lowest BCUT2D eigenvalue weighted by Gasteiger charge is -2.11. The highest BCUT2D eigenvalue weighted by Gasteiger charge is 2.11. The lowest BCUT2D eigenvalue weighted by Crippen LogP contribution is -1.99. The molecule has 6 heteroatoms. The molecular weight excluding hydrogens is 421 g/mol. The van der Waals surface area contributed by atoms with Crippen molar-refractivity contribution in [1.29, 1.82) is 5.26 Å². The van der Waals surface area contributed by atoms with Gasteiger partial charge in [0.05, 0.1) is 27.3 Å².